The highest BCUT2D eigenvalue weighted by atomic mass is 32.1. The maximum atomic E-state index is 12.7. The van der Waals surface area contributed by atoms with Gasteiger partial charge in [-0.1, -0.05) is 49.0 Å². The van der Waals surface area contributed by atoms with Crippen molar-refractivity contribution in [2.45, 2.75) is 18.5 Å². The van der Waals surface area contributed by atoms with Crippen molar-refractivity contribution in [3.8, 4) is 0 Å². The number of nitrogens with zero attached hydrogens (tertiary/aromatic N) is 2. The first-order chi connectivity index (χ1) is 11.1. The molecular formula is C18H18N3OS+. The predicted molar refractivity (Wildman–Crippen MR) is 94.2 cm³/mol. The summed E-state index contributed by atoms with van der Waals surface area (Å²) in [6.45, 7) is 6.37. The second-order valence-electron chi connectivity index (χ2n) is 5.32. The molecule has 0 unspecified atom stereocenters. The van der Waals surface area contributed by atoms with Gasteiger partial charge in [-0.3, -0.25) is 4.79 Å². The normalized spacial score (nSPS) is 10.7. The van der Waals surface area contributed by atoms with Crippen LogP contribution in [0.1, 0.15) is 16.1 Å². The lowest BCUT2D eigenvalue weighted by Gasteiger charge is -2.03. The summed E-state index contributed by atoms with van der Waals surface area (Å²) in [6.07, 6.45) is 3.65. The molecule has 0 radical (unpaired) electrons. The number of anilines is 1. The molecule has 3 rings (SSSR count). The molecule has 0 aliphatic heterocycles. The molecule has 0 atom stereocenters. The first-order valence-electron chi connectivity index (χ1n) is 7.32. The number of thiol groups is 1. The molecule has 3 aromatic rings. The van der Waals surface area contributed by atoms with Crippen LogP contribution < -0.4 is 9.88 Å². The van der Waals surface area contributed by atoms with Gasteiger partial charge in [-0.2, -0.15) is 4.40 Å². The Hall–Kier alpha value is -2.53. The summed E-state index contributed by atoms with van der Waals surface area (Å²) >= 11 is 4.56. The number of benzene rings is 1. The van der Waals surface area contributed by atoms with Crippen molar-refractivity contribution < 1.29 is 9.36 Å². The lowest BCUT2D eigenvalue weighted by molar-refractivity contribution is -0.696. The lowest BCUT2D eigenvalue weighted by atomic mass is 10.2. The van der Waals surface area contributed by atoms with Gasteiger partial charge in [0.25, 0.3) is 11.3 Å². The molecule has 0 saturated heterocycles. The molecule has 116 valence electrons. The number of hydrogen-bond acceptors (Lipinski definition) is 2. The van der Waals surface area contributed by atoms with E-state index < -0.39 is 0 Å². The molecule has 2 heterocycles. The summed E-state index contributed by atoms with van der Waals surface area (Å²) in [7, 11) is 0. The van der Waals surface area contributed by atoms with Crippen molar-refractivity contribution in [2.24, 2.45) is 0 Å². The molecule has 4 nitrogen and oxygen atoms in total. The number of pyridine rings is 1. The van der Waals surface area contributed by atoms with Crippen LogP contribution in [-0.4, -0.2) is 10.3 Å². The molecule has 5 heteroatoms. The second-order valence-corrected chi connectivity index (χ2v) is 5.74. The number of hydrogen-bond donors (Lipinski definition) is 2. The summed E-state index contributed by atoms with van der Waals surface area (Å²) in [4.78, 5) is 12.7. The van der Waals surface area contributed by atoms with E-state index in [0.717, 1.165) is 16.9 Å². The Kier molecular flexibility index (Phi) is 4.21. The van der Waals surface area contributed by atoms with E-state index in [9.17, 15) is 4.79 Å². The van der Waals surface area contributed by atoms with Gasteiger partial charge in [0.05, 0.1) is 6.20 Å². The Balaban J connectivity index is 2.04. The van der Waals surface area contributed by atoms with E-state index in [1.54, 1.807) is 6.08 Å². The topological polar surface area (TPSA) is 37.4 Å². The molecule has 2 aromatic heterocycles. The van der Waals surface area contributed by atoms with Crippen molar-refractivity contribution in [1.29, 1.82) is 0 Å². The third-order valence-corrected chi connectivity index (χ3v) is 4.11. The number of aromatic nitrogens is 2. The monoisotopic (exact) mass is 324 g/mol. The third kappa shape index (κ3) is 2.87. The van der Waals surface area contributed by atoms with Gasteiger partial charge in [0.2, 0.25) is 5.03 Å². The average Bonchev–Trinajstić information content (AvgIpc) is 2.83. The maximum absolute atomic E-state index is 12.7. The molecular weight excluding hydrogens is 306 g/mol. The SMILES string of the molecule is C=CC[n+]1c(S)c(C(=O)Nc2ccc(C)cc2)n2ccccc21. The molecule has 0 saturated carbocycles. The molecule has 23 heavy (non-hydrogen) atoms. The van der Waals surface area contributed by atoms with E-state index in [4.69, 9.17) is 0 Å². The van der Waals surface area contributed by atoms with E-state index in [1.807, 2.05) is 64.6 Å². The third-order valence-electron chi connectivity index (χ3n) is 3.66. The average molecular weight is 324 g/mol. The number of nitrogens with one attached hydrogen (secondary N) is 1. The van der Waals surface area contributed by atoms with Crippen LogP contribution in [0.4, 0.5) is 5.69 Å². The Bertz CT molecular complexity index is 881. The summed E-state index contributed by atoms with van der Waals surface area (Å²) in [6, 6.07) is 13.5. The minimum Gasteiger partial charge on any atom is -0.319 e. The van der Waals surface area contributed by atoms with Crippen molar-refractivity contribution in [3.63, 3.8) is 0 Å². The molecule has 0 aliphatic rings. The fourth-order valence-electron chi connectivity index (χ4n) is 2.53. The molecule has 0 spiro atoms. The first-order valence-corrected chi connectivity index (χ1v) is 7.77. The highest BCUT2D eigenvalue weighted by Gasteiger charge is 2.27. The summed E-state index contributed by atoms with van der Waals surface area (Å²) in [5, 5.41) is 3.54. The number of imidazole rings is 1. The van der Waals surface area contributed by atoms with Crippen LogP contribution in [0.2, 0.25) is 0 Å². The number of amides is 1. The van der Waals surface area contributed by atoms with E-state index in [2.05, 4.69) is 24.5 Å². The molecule has 1 aromatic carbocycles. The van der Waals surface area contributed by atoms with Gasteiger partial charge >= 0.3 is 5.91 Å². The highest BCUT2D eigenvalue weighted by molar-refractivity contribution is 7.80. The predicted octanol–water partition coefficient (Wildman–Crippen LogP) is 3.26. The van der Waals surface area contributed by atoms with Crippen molar-refractivity contribution >= 4 is 29.9 Å². The Morgan fingerprint density at radius 1 is 1.30 bits per heavy atom. The fourth-order valence-corrected chi connectivity index (χ4v) is 2.93. The maximum Gasteiger partial charge on any atom is 0.301 e. The summed E-state index contributed by atoms with van der Waals surface area (Å²) in [5.74, 6) is -0.192. The Morgan fingerprint density at radius 3 is 2.74 bits per heavy atom. The first kappa shape index (κ1) is 15.4. The van der Waals surface area contributed by atoms with E-state index >= 15 is 0 Å². The number of rotatable bonds is 4. The van der Waals surface area contributed by atoms with Crippen LogP contribution in [0, 0.1) is 6.92 Å². The van der Waals surface area contributed by atoms with Crippen molar-refractivity contribution in [1.82, 2.24) is 4.40 Å². The van der Waals surface area contributed by atoms with E-state index in [0.29, 0.717) is 17.3 Å². The van der Waals surface area contributed by atoms with Gasteiger partial charge < -0.3 is 5.32 Å². The zero-order valence-corrected chi connectivity index (χ0v) is 13.8. The zero-order chi connectivity index (χ0) is 16.4. The van der Waals surface area contributed by atoms with Gasteiger partial charge in [-0.25, -0.2) is 4.57 Å². The second kappa shape index (κ2) is 6.30. The van der Waals surface area contributed by atoms with Gasteiger partial charge in [0.1, 0.15) is 6.54 Å². The van der Waals surface area contributed by atoms with Crippen LogP contribution in [0.3, 0.4) is 0 Å². The van der Waals surface area contributed by atoms with Gasteiger partial charge in [-0.15, -0.1) is 0 Å². The fraction of sp³-hybridized carbons (Fsp3) is 0.111. The van der Waals surface area contributed by atoms with Gasteiger partial charge in [0.15, 0.2) is 0 Å². The molecule has 1 amide bonds. The Labute approximate surface area is 140 Å². The summed E-state index contributed by atoms with van der Waals surface area (Å²) in [5.41, 5.74) is 3.31. The Morgan fingerprint density at radius 2 is 2.04 bits per heavy atom. The summed E-state index contributed by atoms with van der Waals surface area (Å²) < 4.78 is 3.79. The van der Waals surface area contributed by atoms with Crippen LogP contribution in [0.25, 0.3) is 5.65 Å². The molecule has 1 N–H and O–H groups in total. The van der Waals surface area contributed by atoms with E-state index in [-0.39, 0.29) is 5.91 Å². The van der Waals surface area contributed by atoms with Crippen molar-refractivity contribution in [3.05, 3.63) is 72.6 Å². The van der Waals surface area contributed by atoms with Crippen molar-refractivity contribution in [2.75, 3.05) is 5.32 Å². The van der Waals surface area contributed by atoms with Crippen LogP contribution in [0.5, 0.6) is 0 Å². The largest absolute Gasteiger partial charge is 0.319 e. The smallest absolute Gasteiger partial charge is 0.301 e. The molecule has 0 fully saturated rings. The van der Waals surface area contributed by atoms with Gasteiger partial charge in [0, 0.05) is 11.8 Å². The number of fused-ring (bicyclic) bond motifs is 1. The molecule has 0 bridgehead atoms. The standard InChI is InChI=1S/C18H17N3OS/c1-3-11-21-15-6-4-5-12-20(15)16(18(21)23)17(22)19-14-9-7-13(2)8-10-14/h3-10,12H,1,11H2,2H3,(H-,19,22,23)/p+1. The minimum atomic E-state index is -0.192. The van der Waals surface area contributed by atoms with Crippen LogP contribution in [0.15, 0.2) is 66.3 Å². The lowest BCUT2D eigenvalue weighted by Crippen LogP contribution is -2.33. The molecule has 0 aliphatic carbocycles. The quantitative estimate of drug-likeness (QED) is 0.431. The highest BCUT2D eigenvalue weighted by Crippen LogP contribution is 2.17. The van der Waals surface area contributed by atoms with Gasteiger partial charge in [-0.05, 0) is 25.1 Å². The zero-order valence-electron chi connectivity index (χ0n) is 12.9. The van der Waals surface area contributed by atoms with E-state index in [1.165, 1.54) is 0 Å². The number of carbonyl (C=O) groups is 1. The van der Waals surface area contributed by atoms with Crippen LogP contribution >= 0.6 is 12.6 Å². The van der Waals surface area contributed by atoms with Crippen LogP contribution in [-0.2, 0) is 6.54 Å². The number of aryl methyl sites for hydroxylation is 1. The number of carbonyl (C=O) groups excluding carboxylic acids is 1. The number of allylic oxidation sites excluding steroid dienone is 1. The minimum absolute atomic E-state index is 0.192.